The predicted molar refractivity (Wildman–Crippen MR) is 97.0 cm³/mol. The SMILES string of the molecule is Cc1ccc(C(F)(F)F)c(Oc2ccc(NC(=O)c3c(F)cc(F)cc3F)cc2)c1. The van der Waals surface area contributed by atoms with Gasteiger partial charge in [-0.3, -0.25) is 4.79 Å². The lowest BCUT2D eigenvalue weighted by Gasteiger charge is -2.15. The number of halogens is 6. The van der Waals surface area contributed by atoms with Gasteiger partial charge in [-0.05, 0) is 48.9 Å². The normalized spacial score (nSPS) is 11.3. The molecule has 0 aliphatic heterocycles. The molecule has 3 rings (SSSR count). The average Bonchev–Trinajstić information content (AvgIpc) is 2.61. The van der Waals surface area contributed by atoms with Crippen LogP contribution in [0.3, 0.4) is 0 Å². The highest BCUT2D eigenvalue weighted by Gasteiger charge is 2.34. The zero-order valence-corrected chi connectivity index (χ0v) is 15.3. The first kappa shape index (κ1) is 21.2. The molecule has 30 heavy (non-hydrogen) atoms. The van der Waals surface area contributed by atoms with Gasteiger partial charge in [0.15, 0.2) is 0 Å². The van der Waals surface area contributed by atoms with Gasteiger partial charge in [0.1, 0.15) is 34.5 Å². The van der Waals surface area contributed by atoms with Crippen LogP contribution in [0.4, 0.5) is 32.0 Å². The number of anilines is 1. The number of hydrogen-bond donors (Lipinski definition) is 1. The smallest absolute Gasteiger partial charge is 0.419 e. The zero-order valence-electron chi connectivity index (χ0n) is 15.3. The molecule has 0 fully saturated rings. The van der Waals surface area contributed by atoms with Gasteiger partial charge in [0, 0.05) is 17.8 Å². The highest BCUT2D eigenvalue weighted by Crippen LogP contribution is 2.38. The number of carbonyl (C=O) groups is 1. The fourth-order valence-corrected chi connectivity index (χ4v) is 2.63. The third-order valence-electron chi connectivity index (χ3n) is 4.02. The number of aryl methyl sites for hydroxylation is 1. The molecule has 0 aromatic heterocycles. The average molecular weight is 425 g/mol. The second kappa shape index (κ2) is 8.10. The van der Waals surface area contributed by atoms with Crippen LogP contribution in [0.1, 0.15) is 21.5 Å². The number of amides is 1. The summed E-state index contributed by atoms with van der Waals surface area (Å²) >= 11 is 0. The van der Waals surface area contributed by atoms with Crippen LogP contribution in [0.25, 0.3) is 0 Å². The first-order valence-electron chi connectivity index (χ1n) is 8.46. The van der Waals surface area contributed by atoms with E-state index in [0.29, 0.717) is 17.7 Å². The van der Waals surface area contributed by atoms with E-state index >= 15 is 0 Å². The maximum Gasteiger partial charge on any atom is 0.419 e. The maximum atomic E-state index is 13.7. The monoisotopic (exact) mass is 425 g/mol. The summed E-state index contributed by atoms with van der Waals surface area (Å²) in [6, 6.07) is 9.28. The topological polar surface area (TPSA) is 38.3 Å². The molecule has 9 heteroatoms. The largest absolute Gasteiger partial charge is 0.457 e. The van der Waals surface area contributed by atoms with E-state index in [2.05, 4.69) is 5.32 Å². The highest BCUT2D eigenvalue weighted by atomic mass is 19.4. The number of alkyl halides is 3. The van der Waals surface area contributed by atoms with Crippen molar-refractivity contribution in [1.82, 2.24) is 0 Å². The van der Waals surface area contributed by atoms with Gasteiger partial charge in [0.25, 0.3) is 5.91 Å². The number of hydrogen-bond acceptors (Lipinski definition) is 2. The third kappa shape index (κ3) is 4.73. The van der Waals surface area contributed by atoms with E-state index in [4.69, 9.17) is 4.74 Å². The summed E-state index contributed by atoms with van der Waals surface area (Å²) in [6.45, 7) is 1.61. The molecule has 0 heterocycles. The molecule has 0 spiro atoms. The molecule has 3 aromatic rings. The van der Waals surface area contributed by atoms with Crippen LogP contribution in [0, 0.1) is 24.4 Å². The third-order valence-corrected chi connectivity index (χ3v) is 4.02. The minimum Gasteiger partial charge on any atom is -0.457 e. The van der Waals surface area contributed by atoms with E-state index in [1.165, 1.54) is 36.4 Å². The van der Waals surface area contributed by atoms with Gasteiger partial charge in [-0.15, -0.1) is 0 Å². The Morgan fingerprint density at radius 1 is 0.900 bits per heavy atom. The van der Waals surface area contributed by atoms with Crippen LogP contribution in [-0.4, -0.2) is 5.91 Å². The molecule has 0 unspecified atom stereocenters. The number of ether oxygens (including phenoxy) is 1. The molecule has 1 amide bonds. The molecule has 0 saturated heterocycles. The van der Waals surface area contributed by atoms with E-state index in [1.807, 2.05) is 0 Å². The van der Waals surface area contributed by atoms with Gasteiger partial charge in [0.2, 0.25) is 0 Å². The molecular formula is C21H13F6NO2. The Morgan fingerprint density at radius 3 is 2.07 bits per heavy atom. The molecule has 0 atom stereocenters. The lowest BCUT2D eigenvalue weighted by atomic mass is 10.1. The Balaban J connectivity index is 1.78. The number of rotatable bonds is 4. The van der Waals surface area contributed by atoms with E-state index in [0.717, 1.165) is 6.07 Å². The van der Waals surface area contributed by atoms with Crippen LogP contribution in [0.15, 0.2) is 54.6 Å². The quantitative estimate of drug-likeness (QED) is 0.486. The van der Waals surface area contributed by atoms with Crippen LogP contribution in [-0.2, 0) is 6.18 Å². The van der Waals surface area contributed by atoms with Gasteiger partial charge in [-0.2, -0.15) is 13.2 Å². The van der Waals surface area contributed by atoms with Crippen molar-refractivity contribution in [3.05, 3.63) is 88.7 Å². The van der Waals surface area contributed by atoms with Crippen LogP contribution in [0.5, 0.6) is 11.5 Å². The van der Waals surface area contributed by atoms with Crippen molar-refractivity contribution in [3.8, 4) is 11.5 Å². The lowest BCUT2D eigenvalue weighted by Crippen LogP contribution is -2.16. The van der Waals surface area contributed by atoms with Crippen molar-refractivity contribution in [2.75, 3.05) is 5.32 Å². The number of nitrogens with one attached hydrogen (secondary N) is 1. The Morgan fingerprint density at radius 2 is 1.50 bits per heavy atom. The van der Waals surface area contributed by atoms with Crippen molar-refractivity contribution >= 4 is 11.6 Å². The molecule has 1 N–H and O–H groups in total. The standard InChI is InChI=1S/C21H13F6NO2/c1-11-2-7-15(21(25,26)27)18(8-11)30-14-5-3-13(4-6-14)28-20(29)19-16(23)9-12(22)10-17(19)24/h2-10H,1H3,(H,28,29). The summed E-state index contributed by atoms with van der Waals surface area (Å²) in [6.07, 6.45) is -4.61. The molecular weight excluding hydrogens is 412 g/mol. The highest BCUT2D eigenvalue weighted by molar-refractivity contribution is 6.04. The molecule has 156 valence electrons. The molecule has 3 nitrogen and oxygen atoms in total. The minimum absolute atomic E-state index is 0.0447. The summed E-state index contributed by atoms with van der Waals surface area (Å²) < 4.78 is 85.0. The number of benzene rings is 3. The molecule has 0 radical (unpaired) electrons. The summed E-state index contributed by atoms with van der Waals surface area (Å²) in [5.41, 5.74) is -1.26. The minimum atomic E-state index is -4.61. The van der Waals surface area contributed by atoms with E-state index in [-0.39, 0.29) is 11.4 Å². The second-order valence-electron chi connectivity index (χ2n) is 6.32. The molecule has 0 bridgehead atoms. The van der Waals surface area contributed by atoms with Crippen LogP contribution < -0.4 is 10.1 Å². The molecule has 3 aromatic carbocycles. The predicted octanol–water partition coefficient (Wildman–Crippen LogP) is 6.48. The first-order chi connectivity index (χ1) is 14.0. The summed E-state index contributed by atoms with van der Waals surface area (Å²) in [4.78, 5) is 12.1. The van der Waals surface area contributed by atoms with Crippen molar-refractivity contribution in [2.45, 2.75) is 13.1 Å². The van der Waals surface area contributed by atoms with Crippen LogP contribution >= 0.6 is 0 Å². The van der Waals surface area contributed by atoms with E-state index < -0.39 is 46.4 Å². The Hall–Kier alpha value is -3.49. The Labute approximate surface area is 166 Å². The second-order valence-corrected chi connectivity index (χ2v) is 6.32. The zero-order chi connectivity index (χ0) is 22.1. The lowest BCUT2D eigenvalue weighted by molar-refractivity contribution is -0.138. The Bertz CT molecular complexity index is 1070. The van der Waals surface area contributed by atoms with E-state index in [9.17, 15) is 31.1 Å². The number of carbonyl (C=O) groups excluding carboxylic acids is 1. The first-order valence-corrected chi connectivity index (χ1v) is 8.46. The molecule has 0 aliphatic rings. The molecule has 0 saturated carbocycles. The summed E-state index contributed by atoms with van der Waals surface area (Å²) in [5.74, 6) is -5.42. The van der Waals surface area contributed by atoms with Gasteiger partial charge < -0.3 is 10.1 Å². The van der Waals surface area contributed by atoms with Crippen molar-refractivity contribution < 1.29 is 35.9 Å². The van der Waals surface area contributed by atoms with E-state index in [1.54, 1.807) is 6.92 Å². The van der Waals surface area contributed by atoms with Crippen molar-refractivity contribution in [1.29, 1.82) is 0 Å². The van der Waals surface area contributed by atoms with Gasteiger partial charge in [-0.25, -0.2) is 13.2 Å². The fourth-order valence-electron chi connectivity index (χ4n) is 2.63. The van der Waals surface area contributed by atoms with Gasteiger partial charge in [0.05, 0.1) is 5.56 Å². The summed E-state index contributed by atoms with van der Waals surface area (Å²) in [7, 11) is 0. The van der Waals surface area contributed by atoms with Crippen molar-refractivity contribution in [3.63, 3.8) is 0 Å². The fraction of sp³-hybridized carbons (Fsp3) is 0.0952. The summed E-state index contributed by atoms with van der Waals surface area (Å²) in [5, 5.41) is 2.22. The van der Waals surface area contributed by atoms with Gasteiger partial charge in [-0.1, -0.05) is 6.07 Å². The molecule has 0 aliphatic carbocycles. The van der Waals surface area contributed by atoms with Crippen LogP contribution in [0.2, 0.25) is 0 Å². The Kier molecular flexibility index (Phi) is 5.73. The van der Waals surface area contributed by atoms with Crippen molar-refractivity contribution in [2.24, 2.45) is 0 Å². The van der Waals surface area contributed by atoms with Gasteiger partial charge >= 0.3 is 6.18 Å². The maximum absolute atomic E-state index is 13.7.